The standard InChI is InChI=1S/C21H33NO/c1-13(12-21(3,4)19-6-5-14(2)23-19)22-20-17-8-15-7-16(10-17)11-18(20)9-15/h5-6,13,15-18,20,22H,7-12H2,1-4H3/p+1/t13-,15?,16?,17?,18?,20?/m1/s1. The lowest BCUT2D eigenvalue weighted by atomic mass is 9.54. The number of rotatable bonds is 5. The topological polar surface area (TPSA) is 29.8 Å². The van der Waals surface area contributed by atoms with Crippen molar-refractivity contribution in [2.24, 2.45) is 23.7 Å². The molecule has 0 unspecified atom stereocenters. The molecule has 2 heteroatoms. The van der Waals surface area contributed by atoms with E-state index in [1.807, 2.05) is 6.92 Å². The van der Waals surface area contributed by atoms with Crippen LogP contribution in [0.15, 0.2) is 16.5 Å². The molecule has 0 aliphatic heterocycles. The van der Waals surface area contributed by atoms with E-state index in [4.69, 9.17) is 4.42 Å². The molecule has 1 atom stereocenters. The van der Waals surface area contributed by atoms with Crippen LogP contribution >= 0.6 is 0 Å². The molecular weight excluding hydrogens is 282 g/mol. The van der Waals surface area contributed by atoms with Crippen molar-refractivity contribution in [2.75, 3.05) is 0 Å². The van der Waals surface area contributed by atoms with Gasteiger partial charge in [0.1, 0.15) is 11.5 Å². The molecule has 5 rings (SSSR count). The van der Waals surface area contributed by atoms with Gasteiger partial charge in [-0.2, -0.15) is 0 Å². The molecule has 0 radical (unpaired) electrons. The van der Waals surface area contributed by atoms with Crippen LogP contribution in [0.5, 0.6) is 0 Å². The molecule has 1 aromatic rings. The third-order valence-corrected chi connectivity index (χ3v) is 7.09. The van der Waals surface area contributed by atoms with E-state index in [0.29, 0.717) is 6.04 Å². The Morgan fingerprint density at radius 2 is 1.70 bits per heavy atom. The van der Waals surface area contributed by atoms with Crippen LogP contribution in [0.25, 0.3) is 0 Å². The molecule has 2 nitrogen and oxygen atoms in total. The first-order valence-corrected chi connectivity index (χ1v) is 9.82. The van der Waals surface area contributed by atoms with Gasteiger partial charge in [0.05, 0.1) is 12.1 Å². The molecule has 1 aromatic heterocycles. The van der Waals surface area contributed by atoms with Gasteiger partial charge in [-0.25, -0.2) is 0 Å². The van der Waals surface area contributed by atoms with Crippen LogP contribution in [0.1, 0.15) is 70.8 Å². The fourth-order valence-electron chi connectivity index (χ4n) is 6.43. The van der Waals surface area contributed by atoms with Crippen molar-refractivity contribution in [3.8, 4) is 0 Å². The largest absolute Gasteiger partial charge is 0.466 e. The summed E-state index contributed by atoms with van der Waals surface area (Å²) in [5, 5.41) is 2.75. The summed E-state index contributed by atoms with van der Waals surface area (Å²) in [6, 6.07) is 5.86. The molecule has 4 bridgehead atoms. The van der Waals surface area contributed by atoms with Crippen molar-refractivity contribution in [3.63, 3.8) is 0 Å². The zero-order valence-corrected chi connectivity index (χ0v) is 15.3. The molecular formula is C21H34NO+. The van der Waals surface area contributed by atoms with Gasteiger partial charge >= 0.3 is 0 Å². The second-order valence-electron chi connectivity index (χ2n) is 9.68. The number of furan rings is 1. The second kappa shape index (κ2) is 5.65. The lowest BCUT2D eigenvalue weighted by Crippen LogP contribution is -2.98. The van der Waals surface area contributed by atoms with Crippen LogP contribution in [-0.2, 0) is 5.41 Å². The first kappa shape index (κ1) is 15.7. The quantitative estimate of drug-likeness (QED) is 0.873. The predicted molar refractivity (Wildman–Crippen MR) is 93.3 cm³/mol. The Morgan fingerprint density at radius 3 is 2.22 bits per heavy atom. The summed E-state index contributed by atoms with van der Waals surface area (Å²) in [6.45, 7) is 9.16. The zero-order valence-electron chi connectivity index (χ0n) is 15.3. The van der Waals surface area contributed by atoms with E-state index < -0.39 is 0 Å². The average Bonchev–Trinajstić information content (AvgIpc) is 2.89. The van der Waals surface area contributed by atoms with E-state index in [1.54, 1.807) is 6.42 Å². The van der Waals surface area contributed by atoms with Gasteiger partial charge in [-0.1, -0.05) is 13.8 Å². The number of hydrogen-bond acceptors (Lipinski definition) is 1. The van der Waals surface area contributed by atoms with E-state index in [1.165, 1.54) is 32.1 Å². The van der Waals surface area contributed by atoms with Crippen LogP contribution in [0.4, 0.5) is 0 Å². The van der Waals surface area contributed by atoms with E-state index in [9.17, 15) is 0 Å². The molecule has 4 aliphatic carbocycles. The molecule has 1 heterocycles. The monoisotopic (exact) mass is 316 g/mol. The molecule has 23 heavy (non-hydrogen) atoms. The highest BCUT2D eigenvalue weighted by Gasteiger charge is 2.50. The SMILES string of the molecule is Cc1ccc(C(C)(C)C[C@@H](C)[NH2+]C2C3CC4CC(C3)CC2C4)o1. The third kappa shape index (κ3) is 2.99. The molecule has 4 saturated carbocycles. The molecule has 2 N–H and O–H groups in total. The van der Waals surface area contributed by atoms with Crippen LogP contribution in [0.2, 0.25) is 0 Å². The molecule has 0 spiro atoms. The predicted octanol–water partition coefficient (Wildman–Crippen LogP) is 4.03. The second-order valence-corrected chi connectivity index (χ2v) is 9.68. The Labute approximate surface area is 141 Å². The van der Waals surface area contributed by atoms with Gasteiger partial charge in [0.25, 0.3) is 0 Å². The summed E-state index contributed by atoms with van der Waals surface area (Å²) in [4.78, 5) is 0. The third-order valence-electron chi connectivity index (χ3n) is 7.09. The molecule has 4 aliphatic rings. The average molecular weight is 317 g/mol. The summed E-state index contributed by atoms with van der Waals surface area (Å²) in [6.07, 6.45) is 8.87. The van der Waals surface area contributed by atoms with Gasteiger partial charge in [0.2, 0.25) is 0 Å². The van der Waals surface area contributed by atoms with Crippen molar-refractivity contribution in [2.45, 2.75) is 83.7 Å². The summed E-state index contributed by atoms with van der Waals surface area (Å²) in [5.74, 6) is 6.39. The lowest BCUT2D eigenvalue weighted by molar-refractivity contribution is -0.737. The minimum atomic E-state index is 0.135. The highest BCUT2D eigenvalue weighted by molar-refractivity contribution is 5.14. The van der Waals surface area contributed by atoms with Crippen LogP contribution < -0.4 is 5.32 Å². The highest BCUT2D eigenvalue weighted by atomic mass is 16.3. The van der Waals surface area contributed by atoms with E-state index >= 15 is 0 Å². The van der Waals surface area contributed by atoms with Gasteiger partial charge < -0.3 is 9.73 Å². The fourth-order valence-corrected chi connectivity index (χ4v) is 6.43. The van der Waals surface area contributed by atoms with Gasteiger partial charge in [0, 0.05) is 23.7 Å². The summed E-state index contributed by atoms with van der Waals surface area (Å²) >= 11 is 0. The highest BCUT2D eigenvalue weighted by Crippen LogP contribution is 2.52. The first-order chi connectivity index (χ1) is 10.9. The Bertz CT molecular complexity index is 530. The molecule has 0 amide bonds. The summed E-state index contributed by atoms with van der Waals surface area (Å²) in [7, 11) is 0. The van der Waals surface area contributed by atoms with Crippen molar-refractivity contribution in [3.05, 3.63) is 23.7 Å². The summed E-state index contributed by atoms with van der Waals surface area (Å²) in [5.41, 5.74) is 0.135. The summed E-state index contributed by atoms with van der Waals surface area (Å²) < 4.78 is 5.92. The Hall–Kier alpha value is -0.760. The Balaban J connectivity index is 1.39. The van der Waals surface area contributed by atoms with Gasteiger partial charge in [-0.15, -0.1) is 0 Å². The van der Waals surface area contributed by atoms with Crippen LogP contribution in [-0.4, -0.2) is 12.1 Å². The van der Waals surface area contributed by atoms with Gasteiger partial charge in [-0.3, -0.25) is 0 Å². The number of hydrogen-bond donors (Lipinski definition) is 1. The molecule has 0 aromatic carbocycles. The maximum Gasteiger partial charge on any atom is 0.109 e. The maximum absolute atomic E-state index is 5.92. The molecule has 128 valence electrons. The maximum atomic E-state index is 5.92. The Kier molecular flexibility index (Phi) is 3.87. The van der Waals surface area contributed by atoms with Crippen molar-refractivity contribution in [1.82, 2.24) is 0 Å². The van der Waals surface area contributed by atoms with E-state index in [-0.39, 0.29) is 5.41 Å². The van der Waals surface area contributed by atoms with Crippen molar-refractivity contribution >= 4 is 0 Å². The number of aryl methyl sites for hydroxylation is 1. The number of quaternary nitrogens is 1. The zero-order chi connectivity index (χ0) is 16.2. The minimum Gasteiger partial charge on any atom is -0.466 e. The fraction of sp³-hybridized carbons (Fsp3) is 0.810. The van der Waals surface area contributed by atoms with Crippen LogP contribution in [0.3, 0.4) is 0 Å². The van der Waals surface area contributed by atoms with Gasteiger partial charge in [0.15, 0.2) is 0 Å². The van der Waals surface area contributed by atoms with E-state index in [0.717, 1.165) is 41.2 Å². The molecule has 4 fully saturated rings. The van der Waals surface area contributed by atoms with E-state index in [2.05, 4.69) is 38.2 Å². The Morgan fingerprint density at radius 1 is 1.09 bits per heavy atom. The number of nitrogens with two attached hydrogens (primary N) is 1. The molecule has 0 saturated heterocycles. The normalized spacial score (nSPS) is 37.3. The lowest BCUT2D eigenvalue weighted by Gasteiger charge is -2.53. The van der Waals surface area contributed by atoms with Crippen molar-refractivity contribution in [1.29, 1.82) is 0 Å². The first-order valence-electron chi connectivity index (χ1n) is 9.82. The minimum absolute atomic E-state index is 0.135. The smallest absolute Gasteiger partial charge is 0.109 e. The van der Waals surface area contributed by atoms with Crippen molar-refractivity contribution < 1.29 is 9.73 Å². The van der Waals surface area contributed by atoms with Gasteiger partial charge in [-0.05, 0) is 69.9 Å². The van der Waals surface area contributed by atoms with Crippen LogP contribution in [0, 0.1) is 30.6 Å².